The SMILES string of the molecule is CC1CSc2c(Cl)cc(N3C(=O)N(Cc4ccncc4)C(C)(C)C3=O)cc2C1(C)C. The fraction of sp³-hybridized carbons (Fsp3) is 0.435. The van der Waals surface area contributed by atoms with Gasteiger partial charge in [-0.15, -0.1) is 11.8 Å². The summed E-state index contributed by atoms with van der Waals surface area (Å²) in [7, 11) is 0. The number of imide groups is 1. The Morgan fingerprint density at radius 3 is 2.50 bits per heavy atom. The Balaban J connectivity index is 1.76. The van der Waals surface area contributed by atoms with E-state index in [1.165, 1.54) is 4.90 Å². The molecule has 0 N–H and O–H groups in total. The number of hydrogen-bond acceptors (Lipinski definition) is 4. The first-order valence-corrected chi connectivity index (χ1v) is 11.4. The Kier molecular flexibility index (Phi) is 5.14. The van der Waals surface area contributed by atoms with Crippen LogP contribution in [0.15, 0.2) is 41.6 Å². The summed E-state index contributed by atoms with van der Waals surface area (Å²) < 4.78 is 0. The van der Waals surface area contributed by atoms with Gasteiger partial charge >= 0.3 is 6.03 Å². The smallest absolute Gasteiger partial charge is 0.305 e. The van der Waals surface area contributed by atoms with Crippen molar-refractivity contribution in [3.63, 3.8) is 0 Å². The van der Waals surface area contributed by atoms with Crippen molar-refractivity contribution in [3.8, 4) is 0 Å². The summed E-state index contributed by atoms with van der Waals surface area (Å²) in [5, 5.41) is 0.596. The van der Waals surface area contributed by atoms with Crippen LogP contribution < -0.4 is 4.90 Å². The number of pyridine rings is 1. The van der Waals surface area contributed by atoms with E-state index in [0.29, 0.717) is 23.2 Å². The predicted octanol–water partition coefficient (Wildman–Crippen LogP) is 5.50. The second kappa shape index (κ2) is 7.27. The van der Waals surface area contributed by atoms with Crippen LogP contribution in [0.3, 0.4) is 0 Å². The van der Waals surface area contributed by atoms with Crippen LogP contribution in [0.5, 0.6) is 0 Å². The van der Waals surface area contributed by atoms with Crippen molar-refractivity contribution in [2.24, 2.45) is 5.92 Å². The number of halogens is 1. The summed E-state index contributed by atoms with van der Waals surface area (Å²) in [6.45, 7) is 10.5. The molecule has 5 nitrogen and oxygen atoms in total. The molecule has 158 valence electrons. The van der Waals surface area contributed by atoms with Crippen LogP contribution in [0.25, 0.3) is 0 Å². The molecule has 0 spiro atoms. The van der Waals surface area contributed by atoms with Gasteiger partial charge in [-0.3, -0.25) is 9.78 Å². The standard InChI is InChI=1S/C23H26ClN3O2S/c1-14-13-30-19-17(22(14,2)3)10-16(11-18(19)24)27-20(28)23(4,5)26(21(27)29)12-15-6-8-25-9-7-15/h6-11,14H,12-13H2,1-5H3. The second-order valence-corrected chi connectivity index (χ2v) is 10.6. The van der Waals surface area contributed by atoms with Crippen molar-refractivity contribution in [2.45, 2.75) is 57.0 Å². The van der Waals surface area contributed by atoms with Crippen LogP contribution in [0, 0.1) is 5.92 Å². The molecule has 3 heterocycles. The Labute approximate surface area is 186 Å². The topological polar surface area (TPSA) is 53.5 Å². The fourth-order valence-corrected chi connectivity index (χ4v) is 5.90. The molecule has 1 unspecified atom stereocenters. The van der Waals surface area contributed by atoms with Crippen molar-refractivity contribution in [1.29, 1.82) is 0 Å². The molecule has 0 radical (unpaired) electrons. The number of nitrogens with zero attached hydrogens (tertiary/aromatic N) is 3. The third kappa shape index (κ3) is 3.21. The molecular weight excluding hydrogens is 418 g/mol. The lowest BCUT2D eigenvalue weighted by molar-refractivity contribution is -0.123. The molecule has 2 aliphatic rings. The van der Waals surface area contributed by atoms with Crippen molar-refractivity contribution < 1.29 is 9.59 Å². The van der Waals surface area contributed by atoms with E-state index in [2.05, 4.69) is 25.8 Å². The van der Waals surface area contributed by atoms with E-state index in [9.17, 15) is 9.59 Å². The zero-order chi connectivity index (χ0) is 21.8. The van der Waals surface area contributed by atoms with E-state index < -0.39 is 5.54 Å². The van der Waals surface area contributed by atoms with Crippen molar-refractivity contribution in [2.75, 3.05) is 10.7 Å². The van der Waals surface area contributed by atoms with Crippen LogP contribution in [0.1, 0.15) is 45.7 Å². The van der Waals surface area contributed by atoms with Gasteiger partial charge in [-0.1, -0.05) is 32.4 Å². The largest absolute Gasteiger partial charge is 0.332 e. The quantitative estimate of drug-likeness (QED) is 0.587. The maximum absolute atomic E-state index is 13.4. The van der Waals surface area contributed by atoms with Gasteiger partial charge in [0.25, 0.3) is 5.91 Å². The zero-order valence-corrected chi connectivity index (χ0v) is 19.5. The highest BCUT2D eigenvalue weighted by Crippen LogP contribution is 2.49. The number of rotatable bonds is 3. The maximum Gasteiger partial charge on any atom is 0.332 e. The molecular formula is C23H26ClN3O2S. The Morgan fingerprint density at radius 1 is 1.17 bits per heavy atom. The summed E-state index contributed by atoms with van der Waals surface area (Å²) in [6, 6.07) is 7.11. The number of urea groups is 1. The first kappa shape index (κ1) is 21.2. The van der Waals surface area contributed by atoms with Crippen LogP contribution in [0.4, 0.5) is 10.5 Å². The summed E-state index contributed by atoms with van der Waals surface area (Å²) in [4.78, 5) is 34.7. The van der Waals surface area contributed by atoms with E-state index in [1.54, 1.807) is 49.0 Å². The van der Waals surface area contributed by atoms with Gasteiger partial charge < -0.3 is 4.90 Å². The van der Waals surface area contributed by atoms with Crippen LogP contribution >= 0.6 is 23.4 Å². The average molecular weight is 444 g/mol. The van der Waals surface area contributed by atoms with Gasteiger partial charge in [-0.25, -0.2) is 9.69 Å². The average Bonchev–Trinajstić information content (AvgIpc) is 2.85. The monoisotopic (exact) mass is 443 g/mol. The molecule has 1 saturated heterocycles. The minimum atomic E-state index is -0.958. The summed E-state index contributed by atoms with van der Waals surface area (Å²) >= 11 is 8.39. The molecule has 0 bridgehead atoms. The Hall–Kier alpha value is -2.05. The van der Waals surface area contributed by atoms with E-state index >= 15 is 0 Å². The Bertz CT molecular complexity index is 1020. The number of benzene rings is 1. The number of carbonyl (C=O) groups is 2. The first-order valence-electron chi connectivity index (χ1n) is 10.1. The number of fused-ring (bicyclic) bond motifs is 1. The molecule has 0 saturated carbocycles. The molecule has 30 heavy (non-hydrogen) atoms. The highest BCUT2D eigenvalue weighted by molar-refractivity contribution is 7.99. The molecule has 0 aliphatic carbocycles. The van der Waals surface area contributed by atoms with Crippen molar-refractivity contribution in [3.05, 3.63) is 52.8 Å². The molecule has 1 aromatic heterocycles. The predicted molar refractivity (Wildman–Crippen MR) is 121 cm³/mol. The summed E-state index contributed by atoms with van der Waals surface area (Å²) in [6.07, 6.45) is 3.37. The molecule has 1 aromatic carbocycles. The lowest BCUT2D eigenvalue weighted by atomic mass is 9.74. The summed E-state index contributed by atoms with van der Waals surface area (Å²) in [5.41, 5.74) is 1.51. The van der Waals surface area contributed by atoms with Gasteiger partial charge in [0.15, 0.2) is 0 Å². The third-order valence-electron chi connectivity index (χ3n) is 6.60. The van der Waals surface area contributed by atoms with Crippen molar-refractivity contribution >= 4 is 41.0 Å². The van der Waals surface area contributed by atoms with Gasteiger partial charge in [0.1, 0.15) is 5.54 Å². The molecule has 2 aromatic rings. The van der Waals surface area contributed by atoms with E-state index in [4.69, 9.17) is 11.6 Å². The van der Waals surface area contributed by atoms with Gasteiger partial charge in [0.05, 0.1) is 10.7 Å². The minimum Gasteiger partial charge on any atom is -0.305 e. The number of aromatic nitrogens is 1. The van der Waals surface area contributed by atoms with Crippen LogP contribution in [0.2, 0.25) is 5.02 Å². The van der Waals surface area contributed by atoms with Gasteiger partial charge in [-0.2, -0.15) is 0 Å². The van der Waals surface area contributed by atoms with Crippen LogP contribution in [-0.4, -0.2) is 33.1 Å². The number of hydrogen-bond donors (Lipinski definition) is 0. The molecule has 7 heteroatoms. The normalized spacial score (nSPS) is 22.4. The highest BCUT2D eigenvalue weighted by Gasteiger charge is 2.52. The van der Waals surface area contributed by atoms with Gasteiger partial charge in [0.2, 0.25) is 0 Å². The van der Waals surface area contributed by atoms with E-state index in [0.717, 1.165) is 21.8 Å². The van der Waals surface area contributed by atoms with E-state index in [-0.39, 0.29) is 17.4 Å². The van der Waals surface area contributed by atoms with Crippen LogP contribution in [-0.2, 0) is 16.8 Å². The van der Waals surface area contributed by atoms with Gasteiger partial charge in [-0.05, 0) is 60.6 Å². The second-order valence-electron chi connectivity index (χ2n) is 9.16. The molecule has 2 aliphatic heterocycles. The lowest BCUT2D eigenvalue weighted by Crippen LogP contribution is -2.43. The molecule has 1 atom stereocenters. The maximum atomic E-state index is 13.4. The third-order valence-corrected chi connectivity index (χ3v) is 8.41. The number of carbonyl (C=O) groups excluding carboxylic acids is 2. The first-order chi connectivity index (χ1) is 14.0. The van der Waals surface area contributed by atoms with E-state index in [1.807, 2.05) is 18.2 Å². The summed E-state index contributed by atoms with van der Waals surface area (Å²) in [5.74, 6) is 1.20. The lowest BCUT2D eigenvalue weighted by Gasteiger charge is -2.39. The minimum absolute atomic E-state index is 0.0989. The number of thioether (sulfide) groups is 1. The number of amides is 3. The molecule has 1 fully saturated rings. The number of anilines is 1. The molecule has 3 amide bonds. The Morgan fingerprint density at radius 2 is 1.83 bits per heavy atom. The van der Waals surface area contributed by atoms with Gasteiger partial charge in [0, 0.05) is 29.6 Å². The highest BCUT2D eigenvalue weighted by atomic mass is 35.5. The zero-order valence-electron chi connectivity index (χ0n) is 17.9. The fourth-order valence-electron chi connectivity index (χ4n) is 4.02. The van der Waals surface area contributed by atoms with Crippen molar-refractivity contribution in [1.82, 2.24) is 9.88 Å². The molecule has 4 rings (SSSR count).